The molecular formula is C12H19NO2S. The average Bonchev–Trinajstić information content (AvgIpc) is 2.28. The van der Waals surface area contributed by atoms with Gasteiger partial charge in [-0.15, -0.1) is 0 Å². The molecule has 1 rings (SSSR count). The van der Waals surface area contributed by atoms with E-state index in [1.165, 1.54) is 5.56 Å². The highest BCUT2D eigenvalue weighted by Crippen LogP contribution is 2.04. The zero-order valence-electron chi connectivity index (χ0n) is 9.63. The van der Waals surface area contributed by atoms with E-state index in [9.17, 15) is 4.21 Å². The Bertz CT molecular complexity index is 316. The maximum atomic E-state index is 10.5. The van der Waals surface area contributed by atoms with Gasteiger partial charge in [0.1, 0.15) is 0 Å². The summed E-state index contributed by atoms with van der Waals surface area (Å²) in [6, 6.07) is 10.3. The van der Waals surface area contributed by atoms with Gasteiger partial charge in [-0.1, -0.05) is 37.3 Å². The molecule has 0 saturated carbocycles. The van der Waals surface area contributed by atoms with Gasteiger partial charge in [0, 0.05) is 6.54 Å². The Morgan fingerprint density at radius 3 is 2.56 bits per heavy atom. The molecule has 0 amide bonds. The van der Waals surface area contributed by atoms with Gasteiger partial charge in [-0.25, -0.2) is 4.21 Å². The summed E-state index contributed by atoms with van der Waals surface area (Å²) < 4.78 is 19.2. The van der Waals surface area contributed by atoms with Gasteiger partial charge in [0.25, 0.3) is 0 Å². The lowest BCUT2D eigenvalue weighted by Crippen LogP contribution is -2.25. The van der Waals surface area contributed by atoms with Crippen molar-refractivity contribution >= 4 is 11.1 Å². The molecule has 0 radical (unpaired) electrons. The molecule has 16 heavy (non-hydrogen) atoms. The van der Waals surface area contributed by atoms with Crippen LogP contribution in [-0.2, 0) is 17.6 Å². The van der Waals surface area contributed by atoms with Crippen LogP contribution in [0.15, 0.2) is 30.3 Å². The summed E-state index contributed by atoms with van der Waals surface area (Å²) in [6.07, 6.45) is 0.768. The van der Waals surface area contributed by atoms with E-state index in [1.54, 1.807) is 0 Å². The minimum absolute atomic E-state index is 0.366. The largest absolute Gasteiger partial charge is 0.306 e. The first-order chi connectivity index (χ1) is 7.72. The third-order valence-corrected chi connectivity index (χ3v) is 3.13. The third kappa shape index (κ3) is 5.39. The second-order valence-electron chi connectivity index (χ2n) is 3.73. The van der Waals surface area contributed by atoms with Crippen molar-refractivity contribution < 1.29 is 8.76 Å². The van der Waals surface area contributed by atoms with Crippen LogP contribution in [0.3, 0.4) is 0 Å². The molecule has 1 N–H and O–H groups in total. The first-order valence-corrected chi connectivity index (χ1v) is 6.83. The molecule has 0 aromatic heterocycles. The van der Waals surface area contributed by atoms with Gasteiger partial charge in [-0.05, 0) is 25.1 Å². The second kappa shape index (κ2) is 7.54. The van der Waals surface area contributed by atoms with E-state index >= 15 is 0 Å². The summed E-state index contributed by atoms with van der Waals surface area (Å²) in [7, 11) is 0. The fourth-order valence-electron chi connectivity index (χ4n) is 1.60. The summed E-state index contributed by atoms with van der Waals surface area (Å²) in [6.45, 7) is 4.86. The lowest BCUT2D eigenvalue weighted by atomic mass is 10.2. The molecule has 3 nitrogen and oxygen atoms in total. The summed E-state index contributed by atoms with van der Waals surface area (Å²) in [5.41, 5.74) is 1.29. The van der Waals surface area contributed by atoms with Crippen LogP contribution >= 0.6 is 0 Å². The van der Waals surface area contributed by atoms with E-state index in [1.807, 2.05) is 18.2 Å². The summed E-state index contributed by atoms with van der Waals surface area (Å²) in [4.78, 5) is 2.28. The number of benzene rings is 1. The average molecular weight is 241 g/mol. The van der Waals surface area contributed by atoms with Gasteiger partial charge in [-0.3, -0.25) is 4.90 Å². The Balaban J connectivity index is 2.34. The molecule has 0 spiro atoms. The highest BCUT2D eigenvalue weighted by atomic mass is 32.2. The van der Waals surface area contributed by atoms with Crippen molar-refractivity contribution in [1.82, 2.24) is 4.90 Å². The van der Waals surface area contributed by atoms with Crippen LogP contribution in [0.2, 0.25) is 0 Å². The summed E-state index contributed by atoms with van der Waals surface area (Å²) in [5.74, 6) is 0.366. The van der Waals surface area contributed by atoms with Crippen LogP contribution in [0.25, 0.3) is 0 Å². The first kappa shape index (κ1) is 13.4. The number of hydrogen-bond acceptors (Lipinski definition) is 2. The van der Waals surface area contributed by atoms with Gasteiger partial charge in [-0.2, -0.15) is 0 Å². The first-order valence-electron chi connectivity index (χ1n) is 5.56. The highest BCUT2D eigenvalue weighted by Gasteiger charge is 2.04. The van der Waals surface area contributed by atoms with E-state index in [-0.39, 0.29) is 0 Å². The smallest absolute Gasteiger partial charge is 0.152 e. The van der Waals surface area contributed by atoms with Gasteiger partial charge in [0.2, 0.25) is 0 Å². The summed E-state index contributed by atoms with van der Waals surface area (Å²) in [5, 5.41) is 0. The van der Waals surface area contributed by atoms with Crippen LogP contribution in [0.1, 0.15) is 18.9 Å². The van der Waals surface area contributed by atoms with Crippen molar-refractivity contribution in [3.63, 3.8) is 0 Å². The van der Waals surface area contributed by atoms with Crippen molar-refractivity contribution in [3.8, 4) is 0 Å². The standard InChI is InChI=1S/C12H19NO2S/c1-2-13(9-6-10-16(14)15)11-12-7-4-3-5-8-12/h3-5,7-8H,2,6,9-11H2,1H3,(H,14,15). The van der Waals surface area contributed by atoms with E-state index < -0.39 is 11.1 Å². The zero-order chi connectivity index (χ0) is 11.8. The Kier molecular flexibility index (Phi) is 6.30. The fraction of sp³-hybridized carbons (Fsp3) is 0.500. The molecule has 90 valence electrons. The molecule has 1 atom stereocenters. The predicted molar refractivity (Wildman–Crippen MR) is 67.6 cm³/mol. The highest BCUT2D eigenvalue weighted by molar-refractivity contribution is 7.79. The van der Waals surface area contributed by atoms with Crippen molar-refractivity contribution in [2.24, 2.45) is 0 Å². The minimum Gasteiger partial charge on any atom is -0.306 e. The molecule has 1 aromatic carbocycles. The zero-order valence-corrected chi connectivity index (χ0v) is 10.4. The molecule has 0 fully saturated rings. The van der Waals surface area contributed by atoms with Crippen molar-refractivity contribution in [2.75, 3.05) is 18.8 Å². The van der Waals surface area contributed by atoms with Crippen molar-refractivity contribution in [2.45, 2.75) is 19.9 Å². The third-order valence-electron chi connectivity index (χ3n) is 2.49. The molecule has 0 aliphatic carbocycles. The normalized spacial score (nSPS) is 12.9. The van der Waals surface area contributed by atoms with E-state index in [0.717, 1.165) is 26.1 Å². The lowest BCUT2D eigenvalue weighted by Gasteiger charge is -2.19. The van der Waals surface area contributed by atoms with Crippen molar-refractivity contribution in [1.29, 1.82) is 0 Å². The SMILES string of the molecule is CCN(CCCS(=O)O)Cc1ccccc1. The van der Waals surface area contributed by atoms with Crippen LogP contribution in [0.5, 0.6) is 0 Å². The molecule has 0 bridgehead atoms. The molecule has 1 unspecified atom stereocenters. The lowest BCUT2D eigenvalue weighted by molar-refractivity contribution is 0.281. The number of hydrogen-bond donors (Lipinski definition) is 1. The predicted octanol–water partition coefficient (Wildman–Crippen LogP) is 2.12. The summed E-state index contributed by atoms with van der Waals surface area (Å²) >= 11 is -1.66. The van der Waals surface area contributed by atoms with Crippen molar-refractivity contribution in [3.05, 3.63) is 35.9 Å². The van der Waals surface area contributed by atoms with Crippen LogP contribution in [0.4, 0.5) is 0 Å². The van der Waals surface area contributed by atoms with Gasteiger partial charge in [0.15, 0.2) is 11.1 Å². The van der Waals surface area contributed by atoms with Gasteiger partial charge < -0.3 is 4.55 Å². The van der Waals surface area contributed by atoms with E-state index in [4.69, 9.17) is 4.55 Å². The maximum absolute atomic E-state index is 10.5. The molecule has 0 saturated heterocycles. The molecule has 0 heterocycles. The molecule has 0 aliphatic heterocycles. The maximum Gasteiger partial charge on any atom is 0.152 e. The van der Waals surface area contributed by atoms with Crippen LogP contribution < -0.4 is 0 Å². The quantitative estimate of drug-likeness (QED) is 0.743. The Morgan fingerprint density at radius 2 is 2.00 bits per heavy atom. The Morgan fingerprint density at radius 1 is 1.31 bits per heavy atom. The Hall–Kier alpha value is -0.710. The molecule has 4 heteroatoms. The minimum atomic E-state index is -1.66. The van der Waals surface area contributed by atoms with Crippen LogP contribution in [0, 0.1) is 0 Å². The van der Waals surface area contributed by atoms with Gasteiger partial charge >= 0.3 is 0 Å². The molecular weight excluding hydrogens is 222 g/mol. The molecule has 1 aromatic rings. The monoisotopic (exact) mass is 241 g/mol. The Labute approximate surface area is 99.8 Å². The van der Waals surface area contributed by atoms with E-state index in [2.05, 4.69) is 24.0 Å². The molecule has 0 aliphatic rings. The topological polar surface area (TPSA) is 40.5 Å². The fourth-order valence-corrected chi connectivity index (χ4v) is 1.98. The van der Waals surface area contributed by atoms with Crippen LogP contribution in [-0.4, -0.2) is 32.5 Å². The number of rotatable bonds is 7. The van der Waals surface area contributed by atoms with E-state index in [0.29, 0.717) is 5.75 Å². The number of nitrogens with zero attached hydrogens (tertiary/aromatic N) is 1. The second-order valence-corrected chi connectivity index (χ2v) is 4.78. The van der Waals surface area contributed by atoms with Gasteiger partial charge in [0.05, 0.1) is 5.75 Å².